The number of nitrogens with one attached hydrogen (secondary N) is 1. The minimum Gasteiger partial charge on any atom is -0.314 e. The molecule has 4 heteroatoms. The number of sulfone groups is 1. The third kappa shape index (κ3) is 4.73. The first-order chi connectivity index (χ1) is 9.26. The summed E-state index contributed by atoms with van der Waals surface area (Å²) in [6, 6.07) is 0.430. The minimum absolute atomic E-state index is 0.376. The van der Waals surface area contributed by atoms with Gasteiger partial charge in [-0.15, -0.1) is 0 Å². The molecular formula is C16H31NO2S. The summed E-state index contributed by atoms with van der Waals surface area (Å²) >= 11 is 0. The highest BCUT2D eigenvalue weighted by Gasteiger charge is 2.30. The molecule has 0 aromatic heterocycles. The van der Waals surface area contributed by atoms with Crippen molar-refractivity contribution in [3.8, 4) is 0 Å². The summed E-state index contributed by atoms with van der Waals surface area (Å²) in [6.07, 6.45) is 6.99. The van der Waals surface area contributed by atoms with E-state index in [1.807, 2.05) is 0 Å². The van der Waals surface area contributed by atoms with Gasteiger partial charge >= 0.3 is 0 Å². The van der Waals surface area contributed by atoms with Crippen molar-refractivity contribution in [3.05, 3.63) is 0 Å². The van der Waals surface area contributed by atoms with E-state index in [4.69, 9.17) is 0 Å². The molecule has 2 aliphatic rings. The average molecular weight is 301 g/mol. The summed E-state index contributed by atoms with van der Waals surface area (Å²) in [5, 5.41) is 3.62. The van der Waals surface area contributed by atoms with E-state index < -0.39 is 9.84 Å². The molecule has 1 aliphatic heterocycles. The lowest BCUT2D eigenvalue weighted by molar-refractivity contribution is 0.147. The molecular weight excluding hydrogens is 270 g/mol. The summed E-state index contributed by atoms with van der Waals surface area (Å²) in [7, 11) is -2.72. The van der Waals surface area contributed by atoms with Gasteiger partial charge in [-0.05, 0) is 62.3 Å². The van der Waals surface area contributed by atoms with E-state index >= 15 is 0 Å². The highest BCUT2D eigenvalue weighted by atomic mass is 32.2. The second-order valence-corrected chi connectivity index (χ2v) is 10.2. The van der Waals surface area contributed by atoms with Gasteiger partial charge in [0, 0.05) is 6.04 Å². The van der Waals surface area contributed by atoms with Gasteiger partial charge in [-0.25, -0.2) is 8.42 Å². The molecule has 0 spiro atoms. The van der Waals surface area contributed by atoms with Crippen molar-refractivity contribution in [3.63, 3.8) is 0 Å². The van der Waals surface area contributed by atoms with Crippen molar-refractivity contribution >= 4 is 9.84 Å². The van der Waals surface area contributed by atoms with Crippen LogP contribution >= 0.6 is 0 Å². The summed E-state index contributed by atoms with van der Waals surface area (Å²) in [4.78, 5) is 0. The van der Waals surface area contributed by atoms with Crippen LogP contribution in [0.25, 0.3) is 0 Å². The van der Waals surface area contributed by atoms with Crippen molar-refractivity contribution in [2.24, 2.45) is 17.3 Å². The molecule has 0 unspecified atom stereocenters. The summed E-state index contributed by atoms with van der Waals surface area (Å²) < 4.78 is 22.8. The zero-order chi connectivity index (χ0) is 14.8. The van der Waals surface area contributed by atoms with E-state index in [0.717, 1.165) is 31.2 Å². The smallest absolute Gasteiger partial charge is 0.150 e. The number of hydrogen-bond donors (Lipinski definition) is 1. The van der Waals surface area contributed by atoms with Crippen molar-refractivity contribution in [1.29, 1.82) is 0 Å². The van der Waals surface area contributed by atoms with Gasteiger partial charge in [-0.2, -0.15) is 0 Å². The maximum absolute atomic E-state index is 11.4. The largest absolute Gasteiger partial charge is 0.314 e. The monoisotopic (exact) mass is 301 g/mol. The molecule has 1 aliphatic carbocycles. The van der Waals surface area contributed by atoms with Crippen LogP contribution in [0.15, 0.2) is 0 Å². The number of hydrogen-bond acceptors (Lipinski definition) is 3. The van der Waals surface area contributed by atoms with Gasteiger partial charge in [0.15, 0.2) is 0 Å². The second kappa shape index (κ2) is 6.35. The molecule has 0 aromatic rings. The van der Waals surface area contributed by atoms with E-state index in [-0.39, 0.29) is 0 Å². The zero-order valence-electron chi connectivity index (χ0n) is 13.3. The van der Waals surface area contributed by atoms with E-state index in [1.54, 1.807) is 0 Å². The van der Waals surface area contributed by atoms with Gasteiger partial charge in [0.05, 0.1) is 11.5 Å². The van der Waals surface area contributed by atoms with Crippen LogP contribution in [-0.4, -0.2) is 32.5 Å². The van der Waals surface area contributed by atoms with Gasteiger partial charge in [-0.3, -0.25) is 0 Å². The summed E-state index contributed by atoms with van der Waals surface area (Å²) in [5.41, 5.74) is 0.454. The van der Waals surface area contributed by atoms with Gasteiger partial charge in [-0.1, -0.05) is 20.8 Å². The highest BCUT2D eigenvalue weighted by molar-refractivity contribution is 7.91. The van der Waals surface area contributed by atoms with Crippen LogP contribution in [0, 0.1) is 17.3 Å². The molecule has 3 nitrogen and oxygen atoms in total. The highest BCUT2D eigenvalue weighted by Crippen LogP contribution is 2.39. The lowest BCUT2D eigenvalue weighted by Gasteiger charge is -2.37. The normalized spacial score (nSPS) is 32.1. The lowest BCUT2D eigenvalue weighted by Crippen LogP contribution is -2.40. The Morgan fingerprint density at radius 3 is 2.00 bits per heavy atom. The van der Waals surface area contributed by atoms with E-state index in [2.05, 4.69) is 26.1 Å². The van der Waals surface area contributed by atoms with Crippen LogP contribution in [0.4, 0.5) is 0 Å². The third-order valence-electron chi connectivity index (χ3n) is 5.32. The molecule has 2 rings (SSSR count). The van der Waals surface area contributed by atoms with Gasteiger partial charge in [0.2, 0.25) is 0 Å². The number of rotatable bonds is 3. The Morgan fingerprint density at radius 2 is 1.50 bits per heavy atom. The fourth-order valence-electron chi connectivity index (χ4n) is 3.66. The van der Waals surface area contributed by atoms with Crippen LogP contribution in [0.5, 0.6) is 0 Å². The standard InChI is InChI=1S/C16H31NO2S/c1-16(2,3)14-6-4-13(5-7-14)12-17-15-8-10-20(18,19)11-9-15/h13-15,17H,4-12H2,1-3H3. The van der Waals surface area contributed by atoms with Crippen molar-refractivity contribution in [2.75, 3.05) is 18.1 Å². The summed E-state index contributed by atoms with van der Waals surface area (Å²) in [6.45, 7) is 8.16. The molecule has 118 valence electrons. The van der Waals surface area contributed by atoms with Gasteiger partial charge in [0.1, 0.15) is 9.84 Å². The molecule has 0 bridgehead atoms. The van der Waals surface area contributed by atoms with Crippen LogP contribution in [0.3, 0.4) is 0 Å². The maximum Gasteiger partial charge on any atom is 0.150 e. The Morgan fingerprint density at radius 1 is 0.950 bits per heavy atom. The molecule has 0 atom stereocenters. The van der Waals surface area contributed by atoms with Crippen LogP contribution in [-0.2, 0) is 9.84 Å². The quantitative estimate of drug-likeness (QED) is 0.871. The fraction of sp³-hybridized carbons (Fsp3) is 1.00. The molecule has 0 aromatic carbocycles. The van der Waals surface area contributed by atoms with E-state index in [9.17, 15) is 8.42 Å². The zero-order valence-corrected chi connectivity index (χ0v) is 14.1. The Bertz CT molecular complexity index is 389. The van der Waals surface area contributed by atoms with Crippen LogP contribution < -0.4 is 5.32 Å². The minimum atomic E-state index is -2.72. The Hall–Kier alpha value is -0.0900. The topological polar surface area (TPSA) is 46.2 Å². The Labute approximate surface area is 124 Å². The van der Waals surface area contributed by atoms with Gasteiger partial charge in [0.25, 0.3) is 0 Å². The Kier molecular flexibility index (Phi) is 5.17. The van der Waals surface area contributed by atoms with Crippen LogP contribution in [0.2, 0.25) is 0 Å². The molecule has 0 amide bonds. The molecule has 1 N–H and O–H groups in total. The van der Waals surface area contributed by atoms with Crippen molar-refractivity contribution < 1.29 is 8.42 Å². The second-order valence-electron chi connectivity index (χ2n) is 7.92. The van der Waals surface area contributed by atoms with E-state index in [0.29, 0.717) is 23.0 Å². The predicted octanol–water partition coefficient (Wildman–Crippen LogP) is 3.01. The summed E-state index contributed by atoms with van der Waals surface area (Å²) in [5.74, 6) is 2.42. The molecule has 20 heavy (non-hydrogen) atoms. The Balaban J connectivity index is 1.67. The first-order valence-corrected chi connectivity index (χ1v) is 10.0. The SMILES string of the molecule is CC(C)(C)C1CCC(CNC2CCS(=O)(=O)CC2)CC1. The lowest BCUT2D eigenvalue weighted by atomic mass is 9.70. The molecule has 1 heterocycles. The first kappa shape index (κ1) is 16.3. The fourth-order valence-corrected chi connectivity index (χ4v) is 5.15. The first-order valence-electron chi connectivity index (χ1n) is 8.20. The molecule has 2 fully saturated rings. The predicted molar refractivity (Wildman–Crippen MR) is 84.6 cm³/mol. The average Bonchev–Trinajstić information content (AvgIpc) is 2.37. The van der Waals surface area contributed by atoms with Crippen molar-refractivity contribution in [1.82, 2.24) is 5.32 Å². The van der Waals surface area contributed by atoms with E-state index in [1.165, 1.54) is 25.7 Å². The van der Waals surface area contributed by atoms with Crippen LogP contribution in [0.1, 0.15) is 59.3 Å². The third-order valence-corrected chi connectivity index (χ3v) is 7.04. The maximum atomic E-state index is 11.4. The molecule has 1 saturated carbocycles. The molecule has 1 saturated heterocycles. The van der Waals surface area contributed by atoms with Gasteiger partial charge < -0.3 is 5.32 Å². The molecule has 0 radical (unpaired) electrons. The van der Waals surface area contributed by atoms with Crippen molar-refractivity contribution in [2.45, 2.75) is 65.3 Å².